The van der Waals surface area contributed by atoms with Crippen LogP contribution in [0.4, 0.5) is 11.4 Å². The van der Waals surface area contributed by atoms with Gasteiger partial charge in [-0.1, -0.05) is 26.0 Å². The van der Waals surface area contributed by atoms with Crippen molar-refractivity contribution >= 4 is 23.2 Å². The van der Waals surface area contributed by atoms with Crippen LogP contribution in [0.3, 0.4) is 0 Å². The minimum Gasteiger partial charge on any atom is -0.479 e. The molecule has 2 amide bonds. The quantitative estimate of drug-likeness (QED) is 0.808. The van der Waals surface area contributed by atoms with Gasteiger partial charge in [0.05, 0.1) is 5.69 Å². The van der Waals surface area contributed by atoms with Gasteiger partial charge < -0.3 is 15.0 Å². The smallest absolute Gasteiger partial charge is 0.268 e. The first-order chi connectivity index (χ1) is 11.4. The molecule has 1 aliphatic rings. The van der Waals surface area contributed by atoms with Gasteiger partial charge in [-0.2, -0.15) is 0 Å². The first-order valence-electron chi connectivity index (χ1n) is 8.44. The van der Waals surface area contributed by atoms with E-state index in [-0.39, 0.29) is 17.7 Å². The van der Waals surface area contributed by atoms with Crippen LogP contribution in [0.15, 0.2) is 30.4 Å². The largest absolute Gasteiger partial charge is 0.479 e. The van der Waals surface area contributed by atoms with Crippen molar-refractivity contribution < 1.29 is 14.3 Å². The predicted molar refractivity (Wildman–Crippen MR) is 96.4 cm³/mol. The summed E-state index contributed by atoms with van der Waals surface area (Å²) < 4.78 is 5.67. The molecule has 0 radical (unpaired) electrons. The molecule has 0 aromatic heterocycles. The maximum Gasteiger partial charge on any atom is 0.268 e. The molecule has 5 heteroatoms. The minimum atomic E-state index is -0.526. The highest BCUT2D eigenvalue weighted by molar-refractivity contribution is 6.01. The number of fused-ring (bicyclic) bond motifs is 1. The Bertz CT molecular complexity index is 650. The van der Waals surface area contributed by atoms with Crippen LogP contribution in [-0.2, 0) is 9.59 Å². The number of amides is 2. The van der Waals surface area contributed by atoms with Gasteiger partial charge in [-0.05, 0) is 44.9 Å². The summed E-state index contributed by atoms with van der Waals surface area (Å²) in [4.78, 5) is 26.4. The molecule has 1 unspecified atom stereocenters. The van der Waals surface area contributed by atoms with Crippen molar-refractivity contribution in [3.63, 3.8) is 0 Å². The fraction of sp³-hybridized carbons (Fsp3) is 0.474. The van der Waals surface area contributed by atoms with Gasteiger partial charge in [0.25, 0.3) is 5.91 Å². The number of ether oxygens (including phenoxy) is 1. The average molecular weight is 330 g/mol. The highest BCUT2D eigenvalue weighted by Gasteiger charge is 2.31. The fourth-order valence-corrected chi connectivity index (χ4v) is 2.82. The normalized spacial score (nSPS) is 16.6. The molecule has 1 N–H and O–H groups in total. The monoisotopic (exact) mass is 330 g/mol. The van der Waals surface area contributed by atoms with E-state index in [2.05, 4.69) is 11.9 Å². The van der Waals surface area contributed by atoms with Gasteiger partial charge in [0.15, 0.2) is 6.10 Å². The highest BCUT2D eigenvalue weighted by Crippen LogP contribution is 2.36. The molecule has 130 valence electrons. The summed E-state index contributed by atoms with van der Waals surface area (Å²) in [6.07, 6.45) is 1.07. The van der Waals surface area contributed by atoms with Crippen LogP contribution in [0.25, 0.3) is 0 Å². The van der Waals surface area contributed by atoms with E-state index in [1.165, 1.54) is 0 Å². The van der Waals surface area contributed by atoms with Gasteiger partial charge in [-0.25, -0.2) is 0 Å². The third-order valence-corrected chi connectivity index (χ3v) is 4.22. The second-order valence-electron chi connectivity index (χ2n) is 6.33. The Balaban J connectivity index is 2.30. The summed E-state index contributed by atoms with van der Waals surface area (Å²) in [5, 5.41) is 2.94. The lowest BCUT2D eigenvalue weighted by molar-refractivity contribution is -0.125. The Kier molecular flexibility index (Phi) is 5.65. The maximum absolute atomic E-state index is 12.4. The zero-order valence-corrected chi connectivity index (χ0v) is 14.9. The summed E-state index contributed by atoms with van der Waals surface area (Å²) in [7, 11) is 0. The minimum absolute atomic E-state index is 0.00261. The van der Waals surface area contributed by atoms with Gasteiger partial charge in [0.2, 0.25) is 5.91 Å². The second kappa shape index (κ2) is 7.51. The number of carbonyl (C=O) groups is 2. The fourth-order valence-electron chi connectivity index (χ4n) is 2.82. The van der Waals surface area contributed by atoms with Gasteiger partial charge in [0, 0.05) is 18.2 Å². The van der Waals surface area contributed by atoms with Crippen LogP contribution in [0.5, 0.6) is 5.75 Å². The Hall–Kier alpha value is -2.30. The Labute approximate surface area is 143 Å². The Morgan fingerprint density at radius 3 is 2.62 bits per heavy atom. The van der Waals surface area contributed by atoms with E-state index in [1.54, 1.807) is 30.0 Å². The topological polar surface area (TPSA) is 58.6 Å². The summed E-state index contributed by atoms with van der Waals surface area (Å²) in [5.74, 6) is 0.533. The molecular weight excluding hydrogens is 304 g/mol. The number of anilines is 2. The van der Waals surface area contributed by atoms with Crippen molar-refractivity contribution in [3.05, 3.63) is 30.4 Å². The average Bonchev–Trinajstić information content (AvgIpc) is 2.53. The SMILES string of the molecule is C=C(C)CN1C(=O)C(C)Oc2ccc(NC(=O)C(CC)CC)cc21. The number of benzene rings is 1. The van der Waals surface area contributed by atoms with Crippen molar-refractivity contribution in [2.75, 3.05) is 16.8 Å². The lowest BCUT2D eigenvalue weighted by Crippen LogP contribution is -2.45. The lowest BCUT2D eigenvalue weighted by Gasteiger charge is -2.33. The van der Waals surface area contributed by atoms with E-state index in [0.717, 1.165) is 18.4 Å². The van der Waals surface area contributed by atoms with Crippen LogP contribution < -0.4 is 15.0 Å². The van der Waals surface area contributed by atoms with E-state index >= 15 is 0 Å². The standard InChI is InChI=1S/C19H26N2O3/c1-6-14(7-2)18(22)20-15-8-9-17-16(10-15)21(11-12(3)4)19(23)13(5)24-17/h8-10,13-14H,3,6-7,11H2,1-2,4-5H3,(H,20,22). The van der Waals surface area contributed by atoms with Gasteiger partial charge in [-0.3, -0.25) is 9.59 Å². The maximum atomic E-state index is 12.4. The molecule has 1 atom stereocenters. The molecule has 1 aromatic carbocycles. The summed E-state index contributed by atoms with van der Waals surface area (Å²) in [5.41, 5.74) is 2.22. The van der Waals surface area contributed by atoms with E-state index < -0.39 is 6.10 Å². The van der Waals surface area contributed by atoms with Crippen molar-refractivity contribution in [1.82, 2.24) is 0 Å². The highest BCUT2D eigenvalue weighted by atomic mass is 16.5. The molecule has 0 spiro atoms. The molecule has 0 aliphatic carbocycles. The summed E-state index contributed by atoms with van der Waals surface area (Å²) in [6.45, 7) is 11.9. The molecule has 0 fully saturated rings. The molecule has 1 heterocycles. The molecule has 24 heavy (non-hydrogen) atoms. The van der Waals surface area contributed by atoms with E-state index in [0.29, 0.717) is 23.7 Å². The summed E-state index contributed by atoms with van der Waals surface area (Å²) >= 11 is 0. The van der Waals surface area contributed by atoms with Crippen molar-refractivity contribution in [3.8, 4) is 5.75 Å². The number of hydrogen-bond acceptors (Lipinski definition) is 3. The van der Waals surface area contributed by atoms with Crippen molar-refractivity contribution in [2.24, 2.45) is 5.92 Å². The molecular formula is C19H26N2O3. The van der Waals surface area contributed by atoms with Crippen LogP contribution in [0.1, 0.15) is 40.5 Å². The van der Waals surface area contributed by atoms with Gasteiger partial charge >= 0.3 is 0 Å². The molecule has 0 bridgehead atoms. The van der Waals surface area contributed by atoms with E-state index in [4.69, 9.17) is 4.74 Å². The molecule has 0 saturated carbocycles. The third-order valence-electron chi connectivity index (χ3n) is 4.22. The van der Waals surface area contributed by atoms with Crippen molar-refractivity contribution in [1.29, 1.82) is 0 Å². The molecule has 2 rings (SSSR count). The predicted octanol–water partition coefficient (Wildman–Crippen LogP) is 3.75. The zero-order chi connectivity index (χ0) is 17.9. The summed E-state index contributed by atoms with van der Waals surface area (Å²) in [6, 6.07) is 5.40. The first-order valence-corrected chi connectivity index (χ1v) is 8.44. The van der Waals surface area contributed by atoms with E-state index in [9.17, 15) is 9.59 Å². The number of nitrogens with one attached hydrogen (secondary N) is 1. The Morgan fingerprint density at radius 1 is 1.38 bits per heavy atom. The molecule has 0 saturated heterocycles. The third kappa shape index (κ3) is 3.78. The van der Waals surface area contributed by atoms with Gasteiger partial charge in [0.1, 0.15) is 5.75 Å². The lowest BCUT2D eigenvalue weighted by atomic mass is 10.0. The van der Waals surface area contributed by atoms with Crippen LogP contribution >= 0.6 is 0 Å². The second-order valence-corrected chi connectivity index (χ2v) is 6.33. The first kappa shape index (κ1) is 18.0. The number of carbonyl (C=O) groups excluding carboxylic acids is 2. The molecule has 1 aromatic rings. The molecule has 5 nitrogen and oxygen atoms in total. The number of nitrogens with zero attached hydrogens (tertiary/aromatic N) is 1. The van der Waals surface area contributed by atoms with Crippen LogP contribution in [0.2, 0.25) is 0 Å². The molecule has 1 aliphatic heterocycles. The Morgan fingerprint density at radius 2 is 2.04 bits per heavy atom. The number of hydrogen-bond donors (Lipinski definition) is 1. The van der Waals surface area contributed by atoms with Crippen LogP contribution in [0, 0.1) is 5.92 Å². The number of rotatable bonds is 6. The van der Waals surface area contributed by atoms with Gasteiger partial charge in [-0.15, -0.1) is 0 Å². The van der Waals surface area contributed by atoms with E-state index in [1.807, 2.05) is 20.8 Å². The zero-order valence-electron chi connectivity index (χ0n) is 14.9. The van der Waals surface area contributed by atoms with Crippen molar-refractivity contribution in [2.45, 2.75) is 46.6 Å². The van der Waals surface area contributed by atoms with Crippen LogP contribution in [-0.4, -0.2) is 24.5 Å².